The molecule has 1 heterocycles. The van der Waals surface area contributed by atoms with E-state index in [1.54, 1.807) is 0 Å². The maximum atomic E-state index is 13.2. The summed E-state index contributed by atoms with van der Waals surface area (Å²) in [6, 6.07) is 24.5. The SMILES string of the molecule is CC(C)(C)CNc1noc2ccc(-c3cccc(CN(C(=O)c4ccccc4)C4CC4)c3)cc12. The number of fused-ring (bicyclic) bond motifs is 1. The van der Waals surface area contributed by atoms with Crippen LogP contribution >= 0.6 is 0 Å². The van der Waals surface area contributed by atoms with Crippen molar-refractivity contribution in [2.45, 2.75) is 46.2 Å². The number of amides is 1. The molecule has 0 atom stereocenters. The zero-order valence-electron chi connectivity index (χ0n) is 20.0. The van der Waals surface area contributed by atoms with E-state index >= 15 is 0 Å². The molecule has 1 aromatic heterocycles. The molecule has 0 saturated heterocycles. The van der Waals surface area contributed by atoms with Crippen LogP contribution in [0, 0.1) is 5.41 Å². The highest BCUT2D eigenvalue weighted by atomic mass is 16.5. The quantitative estimate of drug-likeness (QED) is 0.336. The van der Waals surface area contributed by atoms with Crippen LogP contribution in [0.4, 0.5) is 5.82 Å². The van der Waals surface area contributed by atoms with Gasteiger partial charge in [0.15, 0.2) is 11.4 Å². The van der Waals surface area contributed by atoms with E-state index in [0.717, 1.165) is 58.4 Å². The number of hydrogen-bond acceptors (Lipinski definition) is 4. The molecule has 0 spiro atoms. The Labute approximate surface area is 200 Å². The van der Waals surface area contributed by atoms with Gasteiger partial charge in [0.1, 0.15) is 0 Å². The fourth-order valence-electron chi connectivity index (χ4n) is 4.14. The third-order valence-electron chi connectivity index (χ3n) is 6.14. The highest BCUT2D eigenvalue weighted by molar-refractivity contribution is 5.94. The van der Waals surface area contributed by atoms with Crippen LogP contribution in [0.25, 0.3) is 22.1 Å². The molecular formula is C29H31N3O2. The van der Waals surface area contributed by atoms with Gasteiger partial charge in [-0.3, -0.25) is 4.79 Å². The molecule has 1 saturated carbocycles. The molecule has 1 amide bonds. The van der Waals surface area contributed by atoms with Crippen molar-refractivity contribution in [3.8, 4) is 11.1 Å². The second kappa shape index (κ2) is 8.98. The first kappa shape index (κ1) is 22.2. The number of carbonyl (C=O) groups is 1. The maximum absolute atomic E-state index is 13.2. The van der Waals surface area contributed by atoms with Crippen LogP contribution in [0.15, 0.2) is 77.3 Å². The molecule has 5 nitrogen and oxygen atoms in total. The molecule has 1 fully saturated rings. The Bertz CT molecular complexity index is 1300. The van der Waals surface area contributed by atoms with Crippen molar-refractivity contribution in [2.24, 2.45) is 5.41 Å². The monoisotopic (exact) mass is 453 g/mol. The number of benzene rings is 3. The Balaban J connectivity index is 1.40. The minimum atomic E-state index is 0.106. The number of aromatic nitrogens is 1. The summed E-state index contributed by atoms with van der Waals surface area (Å²) < 4.78 is 5.53. The van der Waals surface area contributed by atoms with Gasteiger partial charge in [-0.25, -0.2) is 0 Å². The van der Waals surface area contributed by atoms with E-state index in [9.17, 15) is 4.79 Å². The van der Waals surface area contributed by atoms with Crippen molar-refractivity contribution < 1.29 is 9.32 Å². The Morgan fingerprint density at radius 2 is 1.76 bits per heavy atom. The lowest BCUT2D eigenvalue weighted by Crippen LogP contribution is -2.32. The molecular weight excluding hydrogens is 422 g/mol. The number of anilines is 1. The van der Waals surface area contributed by atoms with Crippen LogP contribution in [0.2, 0.25) is 0 Å². The molecule has 174 valence electrons. The molecule has 1 aliphatic rings. The van der Waals surface area contributed by atoms with Crippen LogP contribution in [0.5, 0.6) is 0 Å². The fourth-order valence-corrected chi connectivity index (χ4v) is 4.14. The van der Waals surface area contributed by atoms with Gasteiger partial charge in [0.2, 0.25) is 0 Å². The van der Waals surface area contributed by atoms with Crippen LogP contribution in [-0.2, 0) is 6.54 Å². The molecule has 1 N–H and O–H groups in total. The molecule has 3 aromatic carbocycles. The van der Waals surface area contributed by atoms with Gasteiger partial charge in [-0.2, -0.15) is 0 Å². The zero-order chi connectivity index (χ0) is 23.7. The lowest BCUT2D eigenvalue weighted by atomic mass is 9.97. The predicted octanol–water partition coefficient (Wildman–Crippen LogP) is 6.76. The maximum Gasteiger partial charge on any atom is 0.254 e. The van der Waals surface area contributed by atoms with Gasteiger partial charge in [-0.15, -0.1) is 0 Å². The number of nitrogens with one attached hydrogen (secondary N) is 1. The third-order valence-corrected chi connectivity index (χ3v) is 6.14. The Morgan fingerprint density at radius 3 is 2.50 bits per heavy atom. The summed E-state index contributed by atoms with van der Waals surface area (Å²) in [5.41, 5.74) is 5.00. The van der Waals surface area contributed by atoms with Gasteiger partial charge in [-0.05, 0) is 65.3 Å². The minimum absolute atomic E-state index is 0.106. The first-order valence-electron chi connectivity index (χ1n) is 12.0. The summed E-state index contributed by atoms with van der Waals surface area (Å²) in [6.07, 6.45) is 2.15. The molecule has 5 heteroatoms. The van der Waals surface area contributed by atoms with Gasteiger partial charge in [0.25, 0.3) is 5.91 Å². The summed E-state index contributed by atoms with van der Waals surface area (Å²) in [4.78, 5) is 15.2. The van der Waals surface area contributed by atoms with E-state index in [4.69, 9.17) is 4.52 Å². The average molecular weight is 454 g/mol. The summed E-state index contributed by atoms with van der Waals surface area (Å²) in [7, 11) is 0. The molecule has 4 aromatic rings. The standard InChI is InChI=1S/C29H31N3O2/c1-29(2,3)19-30-27-25-17-23(12-15-26(25)34-31-27)22-11-7-8-20(16-22)18-32(24-13-14-24)28(33)21-9-5-4-6-10-21/h4-12,15-17,24H,13-14,18-19H2,1-3H3,(H,30,31). The Hall–Kier alpha value is -3.60. The molecule has 0 unspecified atom stereocenters. The summed E-state index contributed by atoms with van der Waals surface area (Å²) in [5.74, 6) is 0.880. The van der Waals surface area contributed by atoms with E-state index in [1.807, 2.05) is 41.3 Å². The molecule has 0 bridgehead atoms. The van der Waals surface area contributed by atoms with Crippen molar-refractivity contribution in [3.05, 3.63) is 83.9 Å². The van der Waals surface area contributed by atoms with E-state index < -0.39 is 0 Å². The van der Waals surface area contributed by atoms with Gasteiger partial charge in [0.05, 0.1) is 5.39 Å². The van der Waals surface area contributed by atoms with Crippen LogP contribution < -0.4 is 5.32 Å². The second-order valence-corrected chi connectivity index (χ2v) is 10.4. The first-order chi connectivity index (χ1) is 16.4. The topological polar surface area (TPSA) is 58.4 Å². The largest absolute Gasteiger partial charge is 0.366 e. The Kier molecular flexibility index (Phi) is 5.86. The number of nitrogens with zero attached hydrogens (tertiary/aromatic N) is 2. The van der Waals surface area contributed by atoms with Crippen LogP contribution in [0.1, 0.15) is 49.5 Å². The van der Waals surface area contributed by atoms with Crippen molar-refractivity contribution >= 4 is 22.7 Å². The average Bonchev–Trinajstić information content (AvgIpc) is 3.60. The van der Waals surface area contributed by atoms with Gasteiger partial charge < -0.3 is 14.7 Å². The Morgan fingerprint density at radius 1 is 1.00 bits per heavy atom. The van der Waals surface area contributed by atoms with Crippen LogP contribution in [-0.4, -0.2) is 28.6 Å². The first-order valence-corrected chi connectivity index (χ1v) is 12.0. The highest BCUT2D eigenvalue weighted by Crippen LogP contribution is 2.32. The zero-order valence-corrected chi connectivity index (χ0v) is 20.0. The minimum Gasteiger partial charge on any atom is -0.366 e. The van der Waals surface area contributed by atoms with Crippen LogP contribution in [0.3, 0.4) is 0 Å². The van der Waals surface area contributed by atoms with E-state index in [1.165, 1.54) is 0 Å². The van der Waals surface area contributed by atoms with Crippen molar-refractivity contribution in [2.75, 3.05) is 11.9 Å². The number of rotatable bonds is 7. The predicted molar refractivity (Wildman–Crippen MR) is 137 cm³/mol. The van der Waals surface area contributed by atoms with Crippen molar-refractivity contribution in [1.82, 2.24) is 10.1 Å². The van der Waals surface area contributed by atoms with Gasteiger partial charge in [0, 0.05) is 24.7 Å². The van der Waals surface area contributed by atoms with E-state index in [2.05, 4.69) is 67.6 Å². The molecule has 34 heavy (non-hydrogen) atoms. The van der Waals surface area contributed by atoms with Crippen molar-refractivity contribution in [3.63, 3.8) is 0 Å². The van der Waals surface area contributed by atoms with E-state index in [0.29, 0.717) is 12.6 Å². The van der Waals surface area contributed by atoms with E-state index in [-0.39, 0.29) is 11.3 Å². The molecule has 5 rings (SSSR count). The molecule has 1 aliphatic carbocycles. The van der Waals surface area contributed by atoms with Gasteiger partial charge in [-0.1, -0.05) is 68.4 Å². The second-order valence-electron chi connectivity index (χ2n) is 10.4. The van der Waals surface area contributed by atoms with Crippen molar-refractivity contribution in [1.29, 1.82) is 0 Å². The lowest BCUT2D eigenvalue weighted by Gasteiger charge is -2.23. The summed E-state index contributed by atoms with van der Waals surface area (Å²) >= 11 is 0. The summed E-state index contributed by atoms with van der Waals surface area (Å²) in [5, 5.41) is 8.63. The smallest absolute Gasteiger partial charge is 0.254 e. The highest BCUT2D eigenvalue weighted by Gasteiger charge is 2.33. The fraction of sp³-hybridized carbons (Fsp3) is 0.310. The third kappa shape index (κ3) is 4.98. The number of carbonyl (C=O) groups excluding carboxylic acids is 1. The molecule has 0 radical (unpaired) electrons. The summed E-state index contributed by atoms with van der Waals surface area (Å²) in [6.45, 7) is 7.98. The normalized spacial score (nSPS) is 13.7. The van der Waals surface area contributed by atoms with Gasteiger partial charge >= 0.3 is 0 Å². The number of hydrogen-bond donors (Lipinski definition) is 1. The lowest BCUT2D eigenvalue weighted by molar-refractivity contribution is 0.0730. The molecule has 0 aliphatic heterocycles.